The second-order valence-electron chi connectivity index (χ2n) is 7.75. The van der Waals surface area contributed by atoms with Crippen LogP contribution in [-0.4, -0.2) is 14.3 Å². The van der Waals surface area contributed by atoms with Crippen LogP contribution in [0.3, 0.4) is 0 Å². The molecule has 5 nitrogen and oxygen atoms in total. The van der Waals surface area contributed by atoms with Gasteiger partial charge in [0.15, 0.2) is 0 Å². The van der Waals surface area contributed by atoms with Crippen molar-refractivity contribution in [3.05, 3.63) is 94.5 Å². The molecule has 1 atom stereocenters. The highest BCUT2D eigenvalue weighted by molar-refractivity contribution is 7.92. The average Bonchev–Trinajstić information content (AvgIpc) is 2.73. The minimum absolute atomic E-state index is 0.0848. The minimum Gasteiger partial charge on any atom is -0.346 e. The van der Waals surface area contributed by atoms with E-state index in [0.29, 0.717) is 16.8 Å². The molecule has 0 bridgehead atoms. The van der Waals surface area contributed by atoms with E-state index >= 15 is 0 Å². The summed E-state index contributed by atoms with van der Waals surface area (Å²) < 4.78 is 28.5. The molecule has 0 aliphatic carbocycles. The fourth-order valence-electron chi connectivity index (χ4n) is 3.35. The molecule has 0 unspecified atom stereocenters. The van der Waals surface area contributed by atoms with E-state index in [1.165, 1.54) is 11.6 Å². The normalized spacial score (nSPS) is 12.3. The largest absolute Gasteiger partial charge is 0.346 e. The molecule has 0 radical (unpaired) electrons. The van der Waals surface area contributed by atoms with Crippen LogP contribution in [0.4, 0.5) is 5.69 Å². The molecule has 0 aliphatic rings. The van der Waals surface area contributed by atoms with Crippen LogP contribution in [0.2, 0.25) is 0 Å². The van der Waals surface area contributed by atoms with Crippen molar-refractivity contribution >= 4 is 21.6 Å². The highest BCUT2D eigenvalue weighted by Gasteiger charge is 2.20. The van der Waals surface area contributed by atoms with Crippen LogP contribution in [0, 0.1) is 13.8 Å². The van der Waals surface area contributed by atoms with Crippen LogP contribution in [-0.2, 0) is 16.4 Å². The van der Waals surface area contributed by atoms with Gasteiger partial charge in [-0.2, -0.15) is 0 Å². The number of nitrogens with one attached hydrogen (secondary N) is 2. The first-order chi connectivity index (χ1) is 14.7. The van der Waals surface area contributed by atoms with Crippen molar-refractivity contribution in [3.8, 4) is 0 Å². The molecule has 1 amide bonds. The fraction of sp³-hybridized carbons (Fsp3) is 0.240. The molecule has 3 aromatic carbocycles. The zero-order valence-electron chi connectivity index (χ0n) is 18.3. The maximum atomic E-state index is 13.0. The molecule has 0 aromatic heterocycles. The number of carbonyl (C=O) groups is 1. The Morgan fingerprint density at radius 2 is 1.68 bits per heavy atom. The Morgan fingerprint density at radius 1 is 0.968 bits per heavy atom. The number of amides is 1. The lowest BCUT2D eigenvalue weighted by Crippen LogP contribution is -2.27. The van der Waals surface area contributed by atoms with Gasteiger partial charge in [0.25, 0.3) is 15.9 Å². The van der Waals surface area contributed by atoms with Gasteiger partial charge in [-0.1, -0.05) is 49.4 Å². The molecule has 2 N–H and O–H groups in total. The highest BCUT2D eigenvalue weighted by Crippen LogP contribution is 2.22. The Bertz CT molecular complexity index is 1190. The standard InChI is InChI=1S/C25H28N2O3S/c1-5-20-10-13-21(14-11-20)19(4)26-25(28)22-12-9-18(3)24(16-22)31(29,30)27-23-8-6-7-17(2)15-23/h6-16,19,27H,5H2,1-4H3,(H,26,28)/t19-/m0/s1. The number of carbonyl (C=O) groups excluding carboxylic acids is 1. The van der Waals surface area contributed by atoms with Gasteiger partial charge in [-0.05, 0) is 73.7 Å². The fourth-order valence-corrected chi connectivity index (χ4v) is 4.68. The minimum atomic E-state index is -3.84. The molecule has 162 valence electrons. The SMILES string of the molecule is CCc1ccc([C@H](C)NC(=O)c2ccc(C)c(S(=O)(=O)Nc3cccc(C)c3)c2)cc1. The predicted molar refractivity (Wildman–Crippen MR) is 125 cm³/mol. The molecule has 3 rings (SSSR count). The van der Waals surface area contributed by atoms with Gasteiger partial charge in [-0.15, -0.1) is 0 Å². The summed E-state index contributed by atoms with van der Waals surface area (Å²) in [5.41, 5.74) is 4.53. The Labute approximate surface area is 184 Å². The predicted octanol–water partition coefficient (Wildman–Crippen LogP) is 5.16. The van der Waals surface area contributed by atoms with Crippen LogP contribution in [0.15, 0.2) is 71.6 Å². The number of hydrogen-bond acceptors (Lipinski definition) is 3. The van der Waals surface area contributed by atoms with Crippen LogP contribution < -0.4 is 10.0 Å². The summed E-state index contributed by atoms with van der Waals surface area (Å²) >= 11 is 0. The Balaban J connectivity index is 1.81. The second-order valence-corrected chi connectivity index (χ2v) is 9.40. The van der Waals surface area contributed by atoms with E-state index in [2.05, 4.69) is 17.0 Å². The lowest BCUT2D eigenvalue weighted by Gasteiger charge is -2.16. The third kappa shape index (κ3) is 5.52. The summed E-state index contributed by atoms with van der Waals surface area (Å²) in [6.45, 7) is 7.61. The summed E-state index contributed by atoms with van der Waals surface area (Å²) in [6.07, 6.45) is 0.957. The highest BCUT2D eigenvalue weighted by atomic mass is 32.2. The first kappa shape index (κ1) is 22.6. The maximum Gasteiger partial charge on any atom is 0.262 e. The quantitative estimate of drug-likeness (QED) is 0.537. The third-order valence-electron chi connectivity index (χ3n) is 5.25. The smallest absolute Gasteiger partial charge is 0.262 e. The van der Waals surface area contributed by atoms with E-state index < -0.39 is 10.0 Å². The summed E-state index contributed by atoms with van der Waals surface area (Å²) in [5, 5.41) is 2.95. The van der Waals surface area contributed by atoms with E-state index in [-0.39, 0.29) is 16.8 Å². The van der Waals surface area contributed by atoms with E-state index in [0.717, 1.165) is 17.5 Å². The molecule has 3 aromatic rings. The van der Waals surface area contributed by atoms with Crippen molar-refractivity contribution in [1.82, 2.24) is 5.32 Å². The number of hydrogen-bond donors (Lipinski definition) is 2. The number of benzene rings is 3. The Hall–Kier alpha value is -3.12. The van der Waals surface area contributed by atoms with Crippen molar-refractivity contribution in [2.75, 3.05) is 4.72 Å². The molecule has 0 aliphatic heterocycles. The van der Waals surface area contributed by atoms with Crippen LogP contribution >= 0.6 is 0 Å². The summed E-state index contributed by atoms with van der Waals surface area (Å²) in [4.78, 5) is 12.9. The maximum absolute atomic E-state index is 13.0. The zero-order valence-corrected chi connectivity index (χ0v) is 19.1. The molecular weight excluding hydrogens is 408 g/mol. The lowest BCUT2D eigenvalue weighted by atomic mass is 10.0. The van der Waals surface area contributed by atoms with Gasteiger partial charge in [-0.25, -0.2) is 8.42 Å². The Kier molecular flexibility index (Phi) is 6.81. The monoisotopic (exact) mass is 436 g/mol. The first-order valence-electron chi connectivity index (χ1n) is 10.3. The number of sulfonamides is 1. The van der Waals surface area contributed by atoms with Crippen molar-refractivity contribution in [2.45, 2.75) is 45.1 Å². The molecule has 6 heteroatoms. The van der Waals surface area contributed by atoms with E-state index in [4.69, 9.17) is 0 Å². The van der Waals surface area contributed by atoms with E-state index in [1.807, 2.05) is 44.2 Å². The Morgan fingerprint density at radius 3 is 2.32 bits per heavy atom. The number of anilines is 1. The molecule has 0 saturated heterocycles. The van der Waals surface area contributed by atoms with Crippen LogP contribution in [0.5, 0.6) is 0 Å². The van der Waals surface area contributed by atoms with Gasteiger partial charge < -0.3 is 5.32 Å². The number of aryl methyl sites for hydroxylation is 3. The topological polar surface area (TPSA) is 75.3 Å². The molecule has 0 heterocycles. The van der Waals surface area contributed by atoms with Crippen LogP contribution in [0.1, 0.15) is 52.5 Å². The molecular formula is C25H28N2O3S. The van der Waals surface area contributed by atoms with E-state index in [9.17, 15) is 13.2 Å². The van der Waals surface area contributed by atoms with Crippen molar-refractivity contribution in [3.63, 3.8) is 0 Å². The summed E-state index contributed by atoms with van der Waals surface area (Å²) in [6, 6.07) is 19.8. The third-order valence-corrected chi connectivity index (χ3v) is 6.77. The van der Waals surface area contributed by atoms with Gasteiger partial charge in [0.1, 0.15) is 0 Å². The van der Waals surface area contributed by atoms with Gasteiger partial charge >= 0.3 is 0 Å². The second kappa shape index (κ2) is 9.35. The number of rotatable bonds is 7. The van der Waals surface area contributed by atoms with Crippen molar-refractivity contribution < 1.29 is 13.2 Å². The van der Waals surface area contributed by atoms with Gasteiger partial charge in [0.05, 0.1) is 10.9 Å². The van der Waals surface area contributed by atoms with Gasteiger partial charge in [0, 0.05) is 11.3 Å². The van der Waals surface area contributed by atoms with Gasteiger partial charge in [-0.3, -0.25) is 9.52 Å². The van der Waals surface area contributed by atoms with Gasteiger partial charge in [0.2, 0.25) is 0 Å². The summed E-state index contributed by atoms with van der Waals surface area (Å²) in [5.74, 6) is -0.320. The molecule has 0 saturated carbocycles. The lowest BCUT2D eigenvalue weighted by molar-refractivity contribution is 0.0939. The zero-order chi connectivity index (χ0) is 22.6. The molecule has 0 fully saturated rings. The average molecular weight is 437 g/mol. The molecule has 31 heavy (non-hydrogen) atoms. The first-order valence-corrected chi connectivity index (χ1v) is 11.8. The van der Waals surface area contributed by atoms with Crippen molar-refractivity contribution in [1.29, 1.82) is 0 Å². The van der Waals surface area contributed by atoms with E-state index in [1.54, 1.807) is 37.3 Å². The molecule has 0 spiro atoms. The van der Waals surface area contributed by atoms with Crippen molar-refractivity contribution in [2.24, 2.45) is 0 Å². The summed E-state index contributed by atoms with van der Waals surface area (Å²) in [7, 11) is -3.84. The van der Waals surface area contributed by atoms with Crippen LogP contribution in [0.25, 0.3) is 0 Å².